The van der Waals surface area contributed by atoms with Crippen LogP contribution in [0.5, 0.6) is 0 Å². The molecule has 4 heteroatoms. The Morgan fingerprint density at radius 2 is 2.00 bits per heavy atom. The predicted molar refractivity (Wildman–Crippen MR) is 67.1 cm³/mol. The van der Waals surface area contributed by atoms with E-state index in [1.807, 2.05) is 0 Å². The van der Waals surface area contributed by atoms with Crippen LogP contribution in [0.1, 0.15) is 26.6 Å². The molecule has 16 heavy (non-hydrogen) atoms. The minimum atomic E-state index is -0.0706. The van der Waals surface area contributed by atoms with Crippen LogP contribution in [0, 0.1) is 24.7 Å². The van der Waals surface area contributed by atoms with Gasteiger partial charge in [-0.3, -0.25) is 0 Å². The van der Waals surface area contributed by atoms with Gasteiger partial charge in [0.15, 0.2) is 0 Å². The van der Waals surface area contributed by atoms with Crippen LogP contribution < -0.4 is 0 Å². The molecule has 0 aliphatic rings. The Labute approximate surface area is 101 Å². The Kier molecular flexibility index (Phi) is 4.04. The Hall–Kier alpha value is -1.39. The fourth-order valence-electron chi connectivity index (χ4n) is 1.24. The van der Waals surface area contributed by atoms with Crippen molar-refractivity contribution in [2.45, 2.75) is 37.9 Å². The number of rotatable bonds is 3. The maximum absolute atomic E-state index is 5.30. The van der Waals surface area contributed by atoms with Gasteiger partial charge in [-0.25, -0.2) is 9.67 Å². The third kappa shape index (κ3) is 3.05. The molecule has 3 nitrogen and oxygen atoms in total. The van der Waals surface area contributed by atoms with E-state index in [4.69, 9.17) is 12.8 Å². The van der Waals surface area contributed by atoms with Gasteiger partial charge in [0.25, 0.3) is 0 Å². The van der Waals surface area contributed by atoms with E-state index in [0.717, 1.165) is 5.82 Å². The summed E-state index contributed by atoms with van der Waals surface area (Å²) in [4.78, 5) is 4.46. The minimum absolute atomic E-state index is 0.0706. The molecule has 1 heterocycles. The van der Waals surface area contributed by atoms with Crippen molar-refractivity contribution < 1.29 is 0 Å². The van der Waals surface area contributed by atoms with Crippen molar-refractivity contribution in [1.29, 1.82) is 0 Å². The molecule has 0 N–H and O–H groups in total. The summed E-state index contributed by atoms with van der Waals surface area (Å²) in [6, 6.07) is 0. The second kappa shape index (κ2) is 5.09. The summed E-state index contributed by atoms with van der Waals surface area (Å²) in [5.41, 5.74) is -0.0706. The van der Waals surface area contributed by atoms with Crippen LogP contribution in [-0.2, 0) is 12.0 Å². The lowest BCUT2D eigenvalue weighted by atomic mass is 9.96. The van der Waals surface area contributed by atoms with Gasteiger partial charge in [-0.05, 0) is 0 Å². The van der Waals surface area contributed by atoms with Gasteiger partial charge < -0.3 is 0 Å². The van der Waals surface area contributed by atoms with Crippen LogP contribution in [0.25, 0.3) is 0 Å². The van der Waals surface area contributed by atoms with Gasteiger partial charge in [0, 0.05) is 5.41 Å². The van der Waals surface area contributed by atoms with Crippen LogP contribution in [0.15, 0.2) is 5.16 Å². The molecule has 0 saturated carbocycles. The first-order valence-electron chi connectivity index (χ1n) is 4.94. The second-order valence-electron chi connectivity index (χ2n) is 4.32. The fourth-order valence-corrected chi connectivity index (χ4v) is 1.76. The van der Waals surface area contributed by atoms with Crippen LogP contribution in [0.2, 0.25) is 0 Å². The summed E-state index contributed by atoms with van der Waals surface area (Å²) in [6.07, 6.45) is 10.5. The molecule has 0 fully saturated rings. The van der Waals surface area contributed by atoms with Gasteiger partial charge in [0.1, 0.15) is 12.4 Å². The zero-order valence-corrected chi connectivity index (χ0v) is 10.6. The van der Waals surface area contributed by atoms with Crippen molar-refractivity contribution in [1.82, 2.24) is 14.8 Å². The standard InChI is InChI=1S/C12H15N3S/c1-6-8-15-10(12(3,4)5)13-11(14-15)16-9-7-2/h1-2H,8-9H2,3-5H3. The Morgan fingerprint density at radius 1 is 1.31 bits per heavy atom. The van der Waals surface area contributed by atoms with Crippen LogP contribution in [0.4, 0.5) is 0 Å². The first-order valence-corrected chi connectivity index (χ1v) is 5.92. The Morgan fingerprint density at radius 3 is 2.50 bits per heavy atom. The SMILES string of the molecule is C#CCSc1nc(C(C)(C)C)n(CC#C)n1. The van der Waals surface area contributed by atoms with Crippen LogP contribution in [-0.4, -0.2) is 20.5 Å². The zero-order chi connectivity index (χ0) is 12.2. The highest BCUT2D eigenvalue weighted by Crippen LogP contribution is 2.23. The molecule has 1 aromatic rings. The van der Waals surface area contributed by atoms with Gasteiger partial charge in [-0.15, -0.1) is 17.9 Å². The molecule has 1 rings (SSSR count). The molecule has 0 bridgehead atoms. The molecule has 0 aliphatic heterocycles. The quantitative estimate of drug-likeness (QED) is 0.590. The number of thioether (sulfide) groups is 1. The molecule has 0 saturated heterocycles. The van der Waals surface area contributed by atoms with Crippen LogP contribution >= 0.6 is 11.8 Å². The topological polar surface area (TPSA) is 30.7 Å². The molecule has 0 aliphatic carbocycles. The van der Waals surface area contributed by atoms with E-state index in [9.17, 15) is 0 Å². The average molecular weight is 233 g/mol. The van der Waals surface area contributed by atoms with Gasteiger partial charge in [-0.2, -0.15) is 0 Å². The third-order valence-corrected chi connectivity index (χ3v) is 2.59. The number of nitrogens with zero attached hydrogens (tertiary/aromatic N) is 3. The number of aromatic nitrogens is 3. The summed E-state index contributed by atoms with van der Waals surface area (Å²) in [5.74, 6) is 6.59. The third-order valence-electron chi connectivity index (χ3n) is 1.85. The lowest BCUT2D eigenvalue weighted by Crippen LogP contribution is -2.19. The minimum Gasteiger partial charge on any atom is -0.236 e. The van der Waals surface area contributed by atoms with E-state index in [1.165, 1.54) is 11.8 Å². The molecule has 84 valence electrons. The first-order chi connectivity index (χ1) is 7.49. The van der Waals surface area contributed by atoms with Crippen molar-refractivity contribution in [2.24, 2.45) is 0 Å². The van der Waals surface area contributed by atoms with E-state index in [2.05, 4.69) is 42.7 Å². The second-order valence-corrected chi connectivity index (χ2v) is 5.27. The molecular formula is C12H15N3S. The highest BCUT2D eigenvalue weighted by atomic mass is 32.2. The average Bonchev–Trinajstić information content (AvgIpc) is 2.58. The highest BCUT2D eigenvalue weighted by Gasteiger charge is 2.22. The monoisotopic (exact) mass is 233 g/mol. The largest absolute Gasteiger partial charge is 0.236 e. The van der Waals surface area contributed by atoms with Crippen molar-refractivity contribution in [2.75, 3.05) is 5.75 Å². The molecule has 0 spiro atoms. The lowest BCUT2D eigenvalue weighted by molar-refractivity contribution is 0.496. The van der Waals surface area contributed by atoms with Crippen molar-refractivity contribution >= 4 is 11.8 Å². The maximum Gasteiger partial charge on any atom is 0.209 e. The summed E-state index contributed by atoms with van der Waals surface area (Å²) in [7, 11) is 0. The smallest absolute Gasteiger partial charge is 0.209 e. The van der Waals surface area contributed by atoms with Crippen LogP contribution in [0.3, 0.4) is 0 Å². The molecule has 0 radical (unpaired) electrons. The lowest BCUT2D eigenvalue weighted by Gasteiger charge is -2.16. The van der Waals surface area contributed by atoms with E-state index >= 15 is 0 Å². The van der Waals surface area contributed by atoms with Crippen molar-refractivity contribution in [3.05, 3.63) is 5.82 Å². The summed E-state index contributed by atoms with van der Waals surface area (Å²) in [6.45, 7) is 6.69. The van der Waals surface area contributed by atoms with Crippen molar-refractivity contribution in [3.63, 3.8) is 0 Å². The van der Waals surface area contributed by atoms with E-state index in [-0.39, 0.29) is 5.41 Å². The highest BCUT2D eigenvalue weighted by molar-refractivity contribution is 7.99. The Balaban J connectivity index is 3.02. The molecule has 0 aromatic carbocycles. The van der Waals surface area contributed by atoms with Crippen molar-refractivity contribution in [3.8, 4) is 24.7 Å². The van der Waals surface area contributed by atoms with E-state index in [1.54, 1.807) is 4.68 Å². The molecule has 0 atom stereocenters. The zero-order valence-electron chi connectivity index (χ0n) is 9.82. The molecule has 0 amide bonds. The van der Waals surface area contributed by atoms with E-state index < -0.39 is 0 Å². The normalized spacial score (nSPS) is 10.8. The van der Waals surface area contributed by atoms with Gasteiger partial charge >= 0.3 is 0 Å². The molecule has 0 unspecified atom stereocenters. The fraction of sp³-hybridized carbons (Fsp3) is 0.500. The summed E-state index contributed by atoms with van der Waals surface area (Å²) in [5, 5.41) is 5.03. The first kappa shape index (κ1) is 12.7. The van der Waals surface area contributed by atoms with E-state index in [0.29, 0.717) is 17.5 Å². The maximum atomic E-state index is 5.30. The Bertz CT molecular complexity index is 440. The number of hydrogen-bond acceptors (Lipinski definition) is 3. The predicted octanol–water partition coefficient (Wildman–Crippen LogP) is 1.93. The number of hydrogen-bond donors (Lipinski definition) is 0. The molecule has 1 aromatic heterocycles. The van der Waals surface area contributed by atoms with Gasteiger partial charge in [-0.1, -0.05) is 44.4 Å². The number of terminal acetylenes is 2. The van der Waals surface area contributed by atoms with Gasteiger partial charge in [0.2, 0.25) is 5.16 Å². The summed E-state index contributed by atoms with van der Waals surface area (Å²) >= 11 is 1.45. The summed E-state index contributed by atoms with van der Waals surface area (Å²) < 4.78 is 1.76. The van der Waals surface area contributed by atoms with Gasteiger partial charge in [0.05, 0.1) is 5.75 Å². The molecular weight excluding hydrogens is 218 g/mol.